The Labute approximate surface area is 173 Å². The SMILES string of the molecule is CCOc1cc(C=Nn2c(=O)[nH]c3ccccc3c2=O)cc(I)c1OCC#N. The van der Waals surface area contributed by atoms with Crippen LogP contribution in [0.25, 0.3) is 10.9 Å². The van der Waals surface area contributed by atoms with Gasteiger partial charge in [0.1, 0.15) is 6.07 Å². The molecule has 142 valence electrons. The predicted octanol–water partition coefficient (Wildman–Crippen LogP) is 2.48. The molecule has 1 heterocycles. The largest absolute Gasteiger partial charge is 0.490 e. The highest BCUT2D eigenvalue weighted by atomic mass is 127. The fraction of sp³-hybridized carbons (Fsp3) is 0.158. The van der Waals surface area contributed by atoms with E-state index in [1.807, 2.05) is 13.0 Å². The number of benzene rings is 2. The number of para-hydroxylation sites is 1. The molecule has 0 aliphatic heterocycles. The first-order valence-electron chi connectivity index (χ1n) is 8.29. The molecule has 0 fully saturated rings. The van der Waals surface area contributed by atoms with Crippen LogP contribution >= 0.6 is 22.6 Å². The lowest BCUT2D eigenvalue weighted by molar-refractivity contribution is 0.297. The highest BCUT2D eigenvalue weighted by molar-refractivity contribution is 14.1. The lowest BCUT2D eigenvalue weighted by Crippen LogP contribution is -2.32. The van der Waals surface area contributed by atoms with E-state index in [9.17, 15) is 9.59 Å². The maximum Gasteiger partial charge on any atom is 0.349 e. The number of H-pyrrole nitrogens is 1. The molecule has 0 bridgehead atoms. The van der Waals surface area contributed by atoms with Crippen molar-refractivity contribution in [2.75, 3.05) is 13.2 Å². The Hall–Kier alpha value is -3.13. The van der Waals surface area contributed by atoms with Gasteiger partial charge in [0.2, 0.25) is 0 Å². The van der Waals surface area contributed by atoms with Gasteiger partial charge in [-0.3, -0.25) is 4.79 Å². The Balaban J connectivity index is 2.03. The van der Waals surface area contributed by atoms with Gasteiger partial charge in [-0.2, -0.15) is 10.4 Å². The molecule has 0 aliphatic rings. The van der Waals surface area contributed by atoms with Crippen molar-refractivity contribution in [2.45, 2.75) is 6.92 Å². The zero-order valence-electron chi connectivity index (χ0n) is 14.8. The Morgan fingerprint density at radius 1 is 1.29 bits per heavy atom. The van der Waals surface area contributed by atoms with E-state index < -0.39 is 11.2 Å². The second kappa shape index (κ2) is 8.71. The molecule has 3 aromatic rings. The van der Waals surface area contributed by atoms with Crippen LogP contribution < -0.4 is 20.7 Å². The van der Waals surface area contributed by atoms with Crippen LogP contribution in [0.2, 0.25) is 0 Å². The number of nitrogens with one attached hydrogen (secondary N) is 1. The van der Waals surface area contributed by atoms with E-state index in [1.54, 1.807) is 36.4 Å². The molecule has 2 aromatic carbocycles. The molecule has 9 heteroatoms. The molecule has 3 rings (SSSR count). The standard InChI is InChI=1S/C19H15IN4O4/c1-2-27-16-10-12(9-14(20)17(16)28-8-7-21)11-22-24-18(25)13-5-3-4-6-15(13)23-19(24)26/h3-6,9-11H,2,8H2,1H3,(H,23,26). The number of halogens is 1. The molecule has 1 N–H and O–H groups in total. The van der Waals surface area contributed by atoms with Crippen LogP contribution in [0.15, 0.2) is 51.1 Å². The lowest BCUT2D eigenvalue weighted by Gasteiger charge is -2.12. The van der Waals surface area contributed by atoms with E-state index in [0.717, 1.165) is 4.68 Å². The van der Waals surface area contributed by atoms with Crippen molar-refractivity contribution in [1.29, 1.82) is 5.26 Å². The second-order valence-corrected chi connectivity index (χ2v) is 6.71. The van der Waals surface area contributed by atoms with Crippen LogP contribution in [0.5, 0.6) is 11.5 Å². The van der Waals surface area contributed by atoms with Crippen LogP contribution in [-0.2, 0) is 0 Å². The van der Waals surface area contributed by atoms with Crippen LogP contribution in [0.4, 0.5) is 0 Å². The summed E-state index contributed by atoms with van der Waals surface area (Å²) in [5, 5.41) is 13.1. The highest BCUT2D eigenvalue weighted by Gasteiger charge is 2.12. The summed E-state index contributed by atoms with van der Waals surface area (Å²) in [6.07, 6.45) is 1.39. The zero-order valence-corrected chi connectivity index (χ0v) is 17.0. The average molecular weight is 490 g/mol. The Bertz CT molecular complexity index is 1210. The van der Waals surface area contributed by atoms with Gasteiger partial charge in [-0.1, -0.05) is 12.1 Å². The monoisotopic (exact) mass is 490 g/mol. The van der Waals surface area contributed by atoms with Gasteiger partial charge in [0.25, 0.3) is 5.56 Å². The lowest BCUT2D eigenvalue weighted by atomic mass is 10.2. The van der Waals surface area contributed by atoms with Gasteiger partial charge in [0.15, 0.2) is 18.1 Å². The summed E-state index contributed by atoms with van der Waals surface area (Å²) >= 11 is 2.06. The number of aromatic amines is 1. The number of nitriles is 1. The third-order valence-electron chi connectivity index (χ3n) is 3.72. The molecule has 28 heavy (non-hydrogen) atoms. The second-order valence-electron chi connectivity index (χ2n) is 5.55. The maximum absolute atomic E-state index is 12.5. The van der Waals surface area contributed by atoms with Crippen LogP contribution in [0, 0.1) is 14.9 Å². The fourth-order valence-electron chi connectivity index (χ4n) is 2.55. The molecule has 8 nitrogen and oxygen atoms in total. The molecule has 1 aromatic heterocycles. The van der Waals surface area contributed by atoms with Gasteiger partial charge in [0, 0.05) is 0 Å². The number of ether oxygens (including phenoxy) is 2. The molecule has 0 saturated carbocycles. The molecule has 0 amide bonds. The number of nitrogens with zero attached hydrogens (tertiary/aromatic N) is 3. The van der Waals surface area contributed by atoms with Crippen LogP contribution in [-0.4, -0.2) is 29.1 Å². The van der Waals surface area contributed by atoms with Crippen molar-refractivity contribution < 1.29 is 9.47 Å². The van der Waals surface area contributed by atoms with E-state index in [-0.39, 0.29) is 6.61 Å². The fourth-order valence-corrected chi connectivity index (χ4v) is 3.33. The van der Waals surface area contributed by atoms with Crippen molar-refractivity contribution in [1.82, 2.24) is 9.66 Å². The van der Waals surface area contributed by atoms with Gasteiger partial charge in [0.05, 0.1) is 27.3 Å². The first-order valence-corrected chi connectivity index (χ1v) is 9.37. The van der Waals surface area contributed by atoms with E-state index in [1.165, 1.54) is 6.21 Å². The van der Waals surface area contributed by atoms with Crippen LogP contribution in [0.1, 0.15) is 12.5 Å². The van der Waals surface area contributed by atoms with E-state index >= 15 is 0 Å². The summed E-state index contributed by atoms with van der Waals surface area (Å²) < 4.78 is 12.5. The summed E-state index contributed by atoms with van der Waals surface area (Å²) in [6, 6.07) is 12.1. The molecule has 0 radical (unpaired) electrons. The molecule has 0 unspecified atom stereocenters. The van der Waals surface area contributed by atoms with Gasteiger partial charge in [-0.05, 0) is 59.3 Å². The maximum atomic E-state index is 12.5. The topological polar surface area (TPSA) is 109 Å². The minimum Gasteiger partial charge on any atom is -0.490 e. The Kier molecular flexibility index (Phi) is 6.10. The predicted molar refractivity (Wildman–Crippen MR) is 113 cm³/mol. The van der Waals surface area contributed by atoms with Crippen molar-refractivity contribution in [3.05, 3.63) is 66.4 Å². The zero-order chi connectivity index (χ0) is 20.1. The molecule has 0 aliphatic carbocycles. The summed E-state index contributed by atoms with van der Waals surface area (Å²) in [5.41, 5.74) is -0.0781. The van der Waals surface area contributed by atoms with Gasteiger partial charge < -0.3 is 14.5 Å². The first kappa shape index (κ1) is 19.6. The normalized spacial score (nSPS) is 10.9. The number of hydrogen-bond acceptors (Lipinski definition) is 6. The number of aromatic nitrogens is 2. The van der Waals surface area contributed by atoms with Crippen molar-refractivity contribution >= 4 is 39.7 Å². The number of rotatable bonds is 6. The molecule has 0 saturated heterocycles. The summed E-state index contributed by atoms with van der Waals surface area (Å²) in [7, 11) is 0. The van der Waals surface area contributed by atoms with Gasteiger partial charge >= 0.3 is 5.69 Å². The first-order chi connectivity index (χ1) is 13.5. The number of hydrogen-bond donors (Lipinski definition) is 1. The third kappa shape index (κ3) is 4.07. The van der Waals surface area contributed by atoms with Crippen molar-refractivity contribution in [3.8, 4) is 17.6 Å². The van der Waals surface area contributed by atoms with Gasteiger partial charge in [-0.25, -0.2) is 4.79 Å². The Morgan fingerprint density at radius 3 is 2.82 bits per heavy atom. The third-order valence-corrected chi connectivity index (χ3v) is 4.52. The summed E-state index contributed by atoms with van der Waals surface area (Å²) in [4.78, 5) is 27.4. The molecule has 0 spiro atoms. The van der Waals surface area contributed by atoms with Crippen molar-refractivity contribution in [3.63, 3.8) is 0 Å². The quantitative estimate of drug-likeness (QED) is 0.422. The van der Waals surface area contributed by atoms with Crippen molar-refractivity contribution in [2.24, 2.45) is 5.10 Å². The summed E-state index contributed by atoms with van der Waals surface area (Å²) in [5.74, 6) is 0.910. The van der Waals surface area contributed by atoms with E-state index in [0.29, 0.717) is 38.1 Å². The smallest absolute Gasteiger partial charge is 0.349 e. The Morgan fingerprint density at radius 2 is 2.07 bits per heavy atom. The highest BCUT2D eigenvalue weighted by Crippen LogP contribution is 2.33. The number of fused-ring (bicyclic) bond motifs is 1. The summed E-state index contributed by atoms with van der Waals surface area (Å²) in [6.45, 7) is 2.13. The average Bonchev–Trinajstić information content (AvgIpc) is 2.67. The molecular weight excluding hydrogens is 475 g/mol. The minimum atomic E-state index is -0.631. The van der Waals surface area contributed by atoms with Crippen LogP contribution in [0.3, 0.4) is 0 Å². The van der Waals surface area contributed by atoms with E-state index in [4.69, 9.17) is 14.7 Å². The minimum absolute atomic E-state index is 0.106. The van der Waals surface area contributed by atoms with E-state index in [2.05, 4.69) is 32.7 Å². The van der Waals surface area contributed by atoms with Gasteiger partial charge in [-0.15, -0.1) is 4.68 Å². The molecular formula is C19H15IN4O4. The molecule has 0 atom stereocenters.